The maximum Gasteiger partial charge on any atom is 0.223 e. The lowest BCUT2D eigenvalue weighted by molar-refractivity contribution is -0.152. The number of hydrogen-bond acceptors (Lipinski definition) is 7. The van der Waals surface area contributed by atoms with Gasteiger partial charge in [0, 0.05) is 32.7 Å². The minimum atomic E-state index is -1.40. The van der Waals surface area contributed by atoms with E-state index < -0.39 is 31.0 Å². The zero-order valence-corrected chi connectivity index (χ0v) is 13.5. The molecule has 0 spiro atoms. The van der Waals surface area contributed by atoms with Crippen molar-refractivity contribution in [3.8, 4) is 0 Å². The van der Waals surface area contributed by atoms with E-state index in [1.54, 1.807) is 0 Å². The molecule has 4 atom stereocenters. The number of hydrogen-bond donors (Lipinski definition) is 5. The fourth-order valence-corrected chi connectivity index (χ4v) is 2.67. The summed E-state index contributed by atoms with van der Waals surface area (Å²) in [6.07, 6.45) is -1.51. The third-order valence-electron chi connectivity index (χ3n) is 4.05. The normalized spacial score (nSPS) is 29.4. The molecule has 0 radical (unpaired) electrons. The number of amides is 1. The zero-order valence-electron chi connectivity index (χ0n) is 13.5. The molecule has 8 heteroatoms. The summed E-state index contributed by atoms with van der Waals surface area (Å²) < 4.78 is 5.45. The summed E-state index contributed by atoms with van der Waals surface area (Å²) in [6.45, 7) is 0.420. The van der Waals surface area contributed by atoms with Crippen LogP contribution >= 0.6 is 0 Å². The first kappa shape index (κ1) is 20.3. The molecule has 8 nitrogen and oxygen atoms in total. The standard InChI is InChI=1S/C15H30N2O6/c16-6-5-13(21)17-7-3-1-2-4-8-23-15(12(20)10-18)14(22)11(19)9-17/h11-12,14-15,18-20,22H,1-10,16H2/t11-,12+,14+,15+/m0/s1. The third kappa shape index (κ3) is 6.70. The van der Waals surface area contributed by atoms with Crippen molar-refractivity contribution in [2.24, 2.45) is 5.73 Å². The lowest BCUT2D eigenvalue weighted by Gasteiger charge is -2.33. The molecule has 1 fully saturated rings. The molecule has 0 aliphatic carbocycles. The molecular weight excluding hydrogens is 304 g/mol. The van der Waals surface area contributed by atoms with Crippen molar-refractivity contribution in [2.75, 3.05) is 32.8 Å². The van der Waals surface area contributed by atoms with Gasteiger partial charge in [0.15, 0.2) is 0 Å². The lowest BCUT2D eigenvalue weighted by atomic mass is 10.0. The number of nitrogens with two attached hydrogens (primary N) is 1. The number of carbonyl (C=O) groups excluding carboxylic acids is 1. The Balaban J connectivity index is 2.81. The highest BCUT2D eigenvalue weighted by molar-refractivity contribution is 5.76. The minimum absolute atomic E-state index is 0.0575. The summed E-state index contributed by atoms with van der Waals surface area (Å²) in [4.78, 5) is 13.6. The average molecular weight is 334 g/mol. The molecule has 0 bridgehead atoms. The van der Waals surface area contributed by atoms with Gasteiger partial charge in [-0.05, 0) is 12.8 Å². The fraction of sp³-hybridized carbons (Fsp3) is 0.933. The quantitative estimate of drug-likeness (QED) is 0.409. The van der Waals surface area contributed by atoms with Crippen LogP contribution in [0.5, 0.6) is 0 Å². The Kier molecular flexibility index (Phi) is 9.61. The van der Waals surface area contributed by atoms with Gasteiger partial charge >= 0.3 is 0 Å². The Morgan fingerprint density at radius 3 is 2.61 bits per heavy atom. The van der Waals surface area contributed by atoms with Crippen LogP contribution in [0.1, 0.15) is 32.1 Å². The van der Waals surface area contributed by atoms with Gasteiger partial charge in [-0.25, -0.2) is 0 Å². The van der Waals surface area contributed by atoms with E-state index in [1.165, 1.54) is 4.90 Å². The predicted octanol–water partition coefficient (Wildman–Crippen LogP) is -1.80. The maximum absolute atomic E-state index is 12.1. The monoisotopic (exact) mass is 334 g/mol. The molecule has 0 aromatic carbocycles. The van der Waals surface area contributed by atoms with E-state index in [9.17, 15) is 20.1 Å². The second-order valence-corrected chi connectivity index (χ2v) is 5.94. The lowest BCUT2D eigenvalue weighted by Crippen LogP contribution is -2.52. The highest BCUT2D eigenvalue weighted by atomic mass is 16.5. The van der Waals surface area contributed by atoms with E-state index >= 15 is 0 Å². The largest absolute Gasteiger partial charge is 0.394 e. The highest BCUT2D eigenvalue weighted by Crippen LogP contribution is 2.15. The average Bonchev–Trinajstić information content (AvgIpc) is 2.53. The number of aliphatic hydroxyl groups is 4. The Labute approximate surface area is 136 Å². The Morgan fingerprint density at radius 2 is 1.96 bits per heavy atom. The smallest absolute Gasteiger partial charge is 0.223 e. The fourth-order valence-electron chi connectivity index (χ4n) is 2.67. The molecule has 0 aromatic rings. The molecule has 23 heavy (non-hydrogen) atoms. The van der Waals surface area contributed by atoms with Gasteiger partial charge in [-0.3, -0.25) is 4.79 Å². The van der Waals surface area contributed by atoms with Gasteiger partial charge < -0.3 is 35.8 Å². The van der Waals surface area contributed by atoms with Gasteiger partial charge in [0.25, 0.3) is 0 Å². The van der Waals surface area contributed by atoms with Crippen LogP contribution in [-0.4, -0.2) is 88.5 Å². The van der Waals surface area contributed by atoms with E-state index in [4.69, 9.17) is 15.6 Å². The van der Waals surface area contributed by atoms with Crippen LogP contribution in [0.15, 0.2) is 0 Å². The van der Waals surface area contributed by atoms with Crippen LogP contribution in [0, 0.1) is 0 Å². The van der Waals surface area contributed by atoms with Gasteiger partial charge in [0.2, 0.25) is 5.91 Å². The minimum Gasteiger partial charge on any atom is -0.394 e. The second kappa shape index (κ2) is 10.9. The van der Waals surface area contributed by atoms with E-state index in [0.717, 1.165) is 25.7 Å². The second-order valence-electron chi connectivity index (χ2n) is 5.94. The molecule has 1 aliphatic rings. The summed E-state index contributed by atoms with van der Waals surface area (Å²) in [5.41, 5.74) is 5.41. The molecule has 1 heterocycles. The van der Waals surface area contributed by atoms with Crippen molar-refractivity contribution >= 4 is 5.91 Å². The van der Waals surface area contributed by atoms with Crippen molar-refractivity contribution in [3.05, 3.63) is 0 Å². The first-order valence-corrected chi connectivity index (χ1v) is 8.25. The number of carbonyl (C=O) groups is 1. The Hall–Kier alpha value is -0.770. The van der Waals surface area contributed by atoms with Crippen LogP contribution in [0.3, 0.4) is 0 Å². The van der Waals surface area contributed by atoms with Gasteiger partial charge in [-0.2, -0.15) is 0 Å². The summed E-state index contributed by atoms with van der Waals surface area (Å²) in [6, 6.07) is 0. The van der Waals surface area contributed by atoms with Crippen LogP contribution < -0.4 is 5.73 Å². The van der Waals surface area contributed by atoms with Crippen LogP contribution in [-0.2, 0) is 9.53 Å². The van der Waals surface area contributed by atoms with Crippen molar-refractivity contribution in [1.29, 1.82) is 0 Å². The molecule has 0 saturated carbocycles. The number of nitrogens with zero attached hydrogens (tertiary/aromatic N) is 1. The summed E-state index contributed by atoms with van der Waals surface area (Å²) in [5, 5.41) is 39.3. The van der Waals surface area contributed by atoms with Gasteiger partial charge in [0.1, 0.15) is 24.4 Å². The SMILES string of the molecule is NCCC(=O)N1CCCCCCO[C@H]([C@H](O)CO)[C@H](O)[C@@H](O)C1. The van der Waals surface area contributed by atoms with Crippen molar-refractivity contribution in [3.63, 3.8) is 0 Å². The van der Waals surface area contributed by atoms with E-state index in [0.29, 0.717) is 13.2 Å². The van der Waals surface area contributed by atoms with Gasteiger partial charge in [0.05, 0.1) is 6.61 Å². The summed E-state index contributed by atoms with van der Waals surface area (Å²) in [7, 11) is 0. The van der Waals surface area contributed by atoms with E-state index in [2.05, 4.69) is 0 Å². The summed E-state index contributed by atoms with van der Waals surface area (Å²) >= 11 is 0. The summed E-state index contributed by atoms with van der Waals surface area (Å²) in [5.74, 6) is -0.170. The van der Waals surface area contributed by atoms with Crippen molar-refractivity contribution in [1.82, 2.24) is 4.90 Å². The third-order valence-corrected chi connectivity index (χ3v) is 4.05. The Morgan fingerprint density at radius 1 is 1.26 bits per heavy atom. The topological polar surface area (TPSA) is 136 Å². The van der Waals surface area contributed by atoms with Gasteiger partial charge in [-0.1, -0.05) is 12.8 Å². The van der Waals surface area contributed by atoms with Crippen LogP contribution in [0.25, 0.3) is 0 Å². The predicted molar refractivity (Wildman–Crippen MR) is 83.6 cm³/mol. The molecule has 0 aromatic heterocycles. The number of ether oxygens (including phenoxy) is 1. The van der Waals surface area contributed by atoms with Crippen LogP contribution in [0.4, 0.5) is 0 Å². The first-order valence-electron chi connectivity index (χ1n) is 8.25. The van der Waals surface area contributed by atoms with Crippen LogP contribution in [0.2, 0.25) is 0 Å². The number of aliphatic hydroxyl groups excluding tert-OH is 4. The molecule has 1 aliphatic heterocycles. The van der Waals surface area contributed by atoms with E-state index in [1.807, 2.05) is 0 Å². The molecule has 1 rings (SSSR count). The molecule has 0 unspecified atom stereocenters. The molecule has 1 amide bonds. The number of β-amino-alcohol motifs (C(OH)–C–C–N with tert-alkyl or cyclic N) is 1. The molecule has 136 valence electrons. The first-order chi connectivity index (χ1) is 11.0. The highest BCUT2D eigenvalue weighted by Gasteiger charge is 2.34. The zero-order chi connectivity index (χ0) is 17.2. The van der Waals surface area contributed by atoms with Gasteiger partial charge in [-0.15, -0.1) is 0 Å². The number of rotatable bonds is 4. The molecule has 1 saturated heterocycles. The maximum atomic E-state index is 12.1. The van der Waals surface area contributed by atoms with Crippen molar-refractivity contribution < 1.29 is 30.0 Å². The Bertz CT molecular complexity index is 344. The molecular formula is C15H30N2O6. The molecule has 6 N–H and O–H groups in total. The van der Waals surface area contributed by atoms with E-state index in [-0.39, 0.29) is 25.4 Å². The van der Waals surface area contributed by atoms with Crippen molar-refractivity contribution in [2.45, 2.75) is 56.5 Å².